The van der Waals surface area contributed by atoms with Gasteiger partial charge in [0.15, 0.2) is 0 Å². The average Bonchev–Trinajstić information content (AvgIpc) is 3.06. The van der Waals surface area contributed by atoms with Gasteiger partial charge in [0.25, 0.3) is 0 Å². The third-order valence-corrected chi connectivity index (χ3v) is 5.53. The molecule has 0 fully saturated rings. The van der Waals surface area contributed by atoms with Crippen LogP contribution in [0.5, 0.6) is 0 Å². The van der Waals surface area contributed by atoms with Gasteiger partial charge in [-0.3, -0.25) is 4.68 Å². The molecule has 0 unspecified atom stereocenters. The zero-order valence-electron chi connectivity index (χ0n) is 11.9. The number of aromatic nitrogens is 3. The van der Waals surface area contributed by atoms with Crippen molar-refractivity contribution in [1.82, 2.24) is 19.5 Å². The van der Waals surface area contributed by atoms with Gasteiger partial charge in [-0.05, 0) is 20.3 Å². The number of aliphatic hydroxyl groups is 1. The molecule has 0 aliphatic heterocycles. The number of aliphatic hydroxyl groups excluding tert-OH is 1. The van der Waals surface area contributed by atoms with Crippen molar-refractivity contribution < 1.29 is 13.5 Å². The van der Waals surface area contributed by atoms with Crippen LogP contribution < -0.4 is 4.72 Å². The molecule has 0 bridgehead atoms. The molecule has 0 saturated carbocycles. The van der Waals surface area contributed by atoms with E-state index in [-0.39, 0.29) is 11.5 Å². The van der Waals surface area contributed by atoms with Gasteiger partial charge in [0.05, 0.1) is 11.7 Å². The summed E-state index contributed by atoms with van der Waals surface area (Å²) in [5.41, 5.74) is -0.791. The molecule has 0 amide bonds. The summed E-state index contributed by atoms with van der Waals surface area (Å²) >= 11 is 1.40. The zero-order valence-corrected chi connectivity index (χ0v) is 13.5. The Morgan fingerprint density at radius 1 is 1.48 bits per heavy atom. The maximum atomic E-state index is 12.4. The molecule has 9 heteroatoms. The summed E-state index contributed by atoms with van der Waals surface area (Å²) in [6, 6.07) is 0. The van der Waals surface area contributed by atoms with Gasteiger partial charge in [-0.1, -0.05) is 0 Å². The van der Waals surface area contributed by atoms with E-state index in [9.17, 15) is 8.42 Å². The van der Waals surface area contributed by atoms with Crippen LogP contribution in [0.25, 0.3) is 0 Å². The SMILES string of the molecule is CC(C)(NS(=O)(=O)c1cnn(CCCO)c1)c1nccs1. The van der Waals surface area contributed by atoms with E-state index in [1.165, 1.54) is 28.4 Å². The van der Waals surface area contributed by atoms with Gasteiger partial charge >= 0.3 is 0 Å². The highest BCUT2D eigenvalue weighted by atomic mass is 32.2. The summed E-state index contributed by atoms with van der Waals surface area (Å²) in [4.78, 5) is 4.26. The highest BCUT2D eigenvalue weighted by Crippen LogP contribution is 2.24. The predicted molar refractivity (Wildman–Crippen MR) is 79.4 cm³/mol. The standard InChI is InChI=1S/C12H18N4O3S2/c1-12(2,11-13-4-7-20-11)15-21(18,19)10-8-14-16(9-10)5-3-6-17/h4,7-9,15,17H,3,5-6H2,1-2H3. The zero-order chi connectivity index (χ0) is 15.5. The van der Waals surface area contributed by atoms with Crippen LogP contribution in [-0.2, 0) is 22.1 Å². The summed E-state index contributed by atoms with van der Waals surface area (Å²) < 4.78 is 28.9. The first-order chi connectivity index (χ1) is 9.85. The Labute approximate surface area is 127 Å². The number of hydrogen-bond acceptors (Lipinski definition) is 6. The molecule has 0 saturated heterocycles. The third-order valence-electron chi connectivity index (χ3n) is 2.82. The van der Waals surface area contributed by atoms with E-state index in [0.717, 1.165) is 0 Å². The van der Waals surface area contributed by atoms with Crippen LogP contribution >= 0.6 is 11.3 Å². The number of hydrogen-bond donors (Lipinski definition) is 2. The third kappa shape index (κ3) is 3.88. The Balaban J connectivity index is 2.16. The molecular weight excluding hydrogens is 312 g/mol. The van der Waals surface area contributed by atoms with Crippen molar-refractivity contribution in [3.63, 3.8) is 0 Å². The fourth-order valence-electron chi connectivity index (χ4n) is 1.81. The number of aryl methyl sites for hydroxylation is 1. The topological polar surface area (TPSA) is 97.1 Å². The lowest BCUT2D eigenvalue weighted by molar-refractivity contribution is 0.277. The first-order valence-corrected chi connectivity index (χ1v) is 8.79. The van der Waals surface area contributed by atoms with E-state index in [2.05, 4.69) is 14.8 Å². The van der Waals surface area contributed by atoms with E-state index in [1.54, 1.807) is 25.4 Å². The minimum atomic E-state index is -3.68. The Kier molecular flexibility index (Phi) is 4.77. The number of sulfonamides is 1. The lowest BCUT2D eigenvalue weighted by Crippen LogP contribution is -2.40. The quantitative estimate of drug-likeness (QED) is 0.787. The van der Waals surface area contributed by atoms with E-state index in [0.29, 0.717) is 18.0 Å². The fraction of sp³-hybridized carbons (Fsp3) is 0.500. The van der Waals surface area contributed by atoms with Crippen molar-refractivity contribution in [3.05, 3.63) is 29.0 Å². The number of nitrogens with zero attached hydrogens (tertiary/aromatic N) is 3. The number of nitrogens with one attached hydrogen (secondary N) is 1. The molecule has 2 N–H and O–H groups in total. The summed E-state index contributed by atoms with van der Waals surface area (Å²) in [6.45, 7) is 4.04. The fourth-order valence-corrected chi connectivity index (χ4v) is 3.92. The van der Waals surface area contributed by atoms with Crippen LogP contribution in [0.4, 0.5) is 0 Å². The molecule has 2 heterocycles. The maximum absolute atomic E-state index is 12.4. The van der Waals surface area contributed by atoms with Crippen LogP contribution in [-0.4, -0.2) is 34.9 Å². The number of thiazole rings is 1. The number of rotatable bonds is 7. The predicted octanol–water partition coefficient (Wildman–Crippen LogP) is 0.936. The van der Waals surface area contributed by atoms with E-state index >= 15 is 0 Å². The lowest BCUT2D eigenvalue weighted by Gasteiger charge is -2.22. The highest BCUT2D eigenvalue weighted by molar-refractivity contribution is 7.89. The molecule has 2 aromatic rings. The monoisotopic (exact) mass is 330 g/mol. The minimum absolute atomic E-state index is 0.0390. The molecule has 2 aromatic heterocycles. The van der Waals surface area contributed by atoms with Crippen molar-refractivity contribution in [1.29, 1.82) is 0 Å². The van der Waals surface area contributed by atoms with Crippen LogP contribution in [0.1, 0.15) is 25.3 Å². The second-order valence-corrected chi connectivity index (χ2v) is 7.66. The Morgan fingerprint density at radius 2 is 2.24 bits per heavy atom. The van der Waals surface area contributed by atoms with Gasteiger partial charge in [0, 0.05) is 30.9 Å². The largest absolute Gasteiger partial charge is 0.396 e. The first-order valence-electron chi connectivity index (χ1n) is 6.42. The highest BCUT2D eigenvalue weighted by Gasteiger charge is 2.30. The molecule has 0 aliphatic rings. The Bertz CT molecular complexity index is 677. The average molecular weight is 330 g/mol. The second-order valence-electron chi connectivity index (χ2n) is 5.08. The van der Waals surface area contributed by atoms with Gasteiger partial charge in [-0.15, -0.1) is 11.3 Å². The van der Waals surface area contributed by atoms with Gasteiger partial charge in [-0.2, -0.15) is 9.82 Å². The van der Waals surface area contributed by atoms with Crippen molar-refractivity contribution in [2.24, 2.45) is 0 Å². The van der Waals surface area contributed by atoms with Crippen molar-refractivity contribution in [2.45, 2.75) is 37.2 Å². The smallest absolute Gasteiger partial charge is 0.244 e. The van der Waals surface area contributed by atoms with E-state index < -0.39 is 15.6 Å². The van der Waals surface area contributed by atoms with Crippen molar-refractivity contribution in [2.75, 3.05) is 6.61 Å². The van der Waals surface area contributed by atoms with E-state index in [1.807, 2.05) is 0 Å². The van der Waals surface area contributed by atoms with Crippen LogP contribution in [0.2, 0.25) is 0 Å². The molecule has 0 aromatic carbocycles. The Morgan fingerprint density at radius 3 is 2.86 bits per heavy atom. The van der Waals surface area contributed by atoms with Crippen LogP contribution in [0, 0.1) is 0 Å². The molecule has 0 spiro atoms. The van der Waals surface area contributed by atoms with Crippen molar-refractivity contribution >= 4 is 21.4 Å². The van der Waals surface area contributed by atoms with Gasteiger partial charge in [0.2, 0.25) is 10.0 Å². The Hall–Kier alpha value is -1.29. The molecule has 0 atom stereocenters. The molecular formula is C12H18N4O3S2. The van der Waals surface area contributed by atoms with Gasteiger partial charge < -0.3 is 5.11 Å². The van der Waals surface area contributed by atoms with Gasteiger partial charge in [0.1, 0.15) is 9.90 Å². The summed E-state index contributed by atoms with van der Waals surface area (Å²) in [7, 11) is -3.68. The molecule has 0 aliphatic carbocycles. The van der Waals surface area contributed by atoms with Crippen LogP contribution in [0.15, 0.2) is 28.9 Å². The van der Waals surface area contributed by atoms with Crippen molar-refractivity contribution in [3.8, 4) is 0 Å². The van der Waals surface area contributed by atoms with Crippen LogP contribution in [0.3, 0.4) is 0 Å². The minimum Gasteiger partial charge on any atom is -0.396 e. The lowest BCUT2D eigenvalue weighted by atomic mass is 10.1. The normalized spacial score (nSPS) is 12.7. The first kappa shape index (κ1) is 16.1. The maximum Gasteiger partial charge on any atom is 0.244 e. The molecule has 2 rings (SSSR count). The summed E-state index contributed by atoms with van der Waals surface area (Å²) in [5, 5.41) is 15.3. The molecule has 0 radical (unpaired) electrons. The van der Waals surface area contributed by atoms with E-state index in [4.69, 9.17) is 5.11 Å². The van der Waals surface area contributed by atoms with Gasteiger partial charge in [-0.25, -0.2) is 13.4 Å². The molecule has 116 valence electrons. The summed E-state index contributed by atoms with van der Waals surface area (Å²) in [5.74, 6) is 0. The second kappa shape index (κ2) is 6.22. The summed E-state index contributed by atoms with van der Waals surface area (Å²) in [6.07, 6.45) is 4.93. The molecule has 21 heavy (non-hydrogen) atoms. The molecule has 7 nitrogen and oxygen atoms in total.